The predicted molar refractivity (Wildman–Crippen MR) is 90.1 cm³/mol. The van der Waals surface area contributed by atoms with Crippen molar-refractivity contribution in [3.8, 4) is 5.75 Å². The smallest absolute Gasteiger partial charge is 0.142 e. The summed E-state index contributed by atoms with van der Waals surface area (Å²) >= 11 is 0. The van der Waals surface area contributed by atoms with Gasteiger partial charge >= 0.3 is 0 Å². The molecule has 1 aromatic carbocycles. The Balaban J connectivity index is 1.86. The summed E-state index contributed by atoms with van der Waals surface area (Å²) in [4.78, 5) is 2.41. The molecule has 124 valence electrons. The zero-order chi connectivity index (χ0) is 15.8. The van der Waals surface area contributed by atoms with Gasteiger partial charge in [-0.3, -0.25) is 0 Å². The van der Waals surface area contributed by atoms with Crippen molar-refractivity contribution in [2.24, 2.45) is 0 Å². The fourth-order valence-electron chi connectivity index (χ4n) is 2.71. The van der Waals surface area contributed by atoms with Crippen LogP contribution in [0.1, 0.15) is 37.9 Å². The molecule has 22 heavy (non-hydrogen) atoms. The molecule has 1 aliphatic rings. The zero-order valence-electron chi connectivity index (χ0n) is 13.6. The number of aliphatic hydroxyl groups excluding tert-OH is 1. The third-order valence-corrected chi connectivity index (χ3v) is 4.03. The number of rotatable bonds is 7. The number of aliphatic hydroxyl groups is 1. The molecular weight excluding hydrogens is 278 g/mol. The first-order chi connectivity index (χ1) is 10.7. The number of nitrogens with zero attached hydrogens (tertiary/aromatic N) is 1. The molecule has 0 amide bonds. The van der Waals surface area contributed by atoms with Crippen LogP contribution in [0, 0.1) is 0 Å². The van der Waals surface area contributed by atoms with E-state index in [0.717, 1.165) is 51.1 Å². The fraction of sp³-hybridized carbons (Fsp3) is 0.647. The highest BCUT2D eigenvalue weighted by atomic mass is 16.5. The van der Waals surface area contributed by atoms with Gasteiger partial charge in [0.05, 0.1) is 18.4 Å². The third kappa shape index (κ3) is 5.16. The second-order valence-corrected chi connectivity index (χ2v) is 5.90. The Labute approximate surface area is 133 Å². The van der Waals surface area contributed by atoms with Gasteiger partial charge in [0.15, 0.2) is 0 Å². The lowest BCUT2D eigenvalue weighted by Gasteiger charge is -2.21. The number of nitrogen functional groups attached to an aromatic ring is 1. The number of nitrogens with one attached hydrogen (secondary N) is 1. The topological polar surface area (TPSA) is 70.8 Å². The lowest BCUT2D eigenvalue weighted by molar-refractivity contribution is 0.144. The minimum atomic E-state index is -0.473. The van der Waals surface area contributed by atoms with Gasteiger partial charge in [0.1, 0.15) is 5.75 Å². The van der Waals surface area contributed by atoms with Crippen molar-refractivity contribution in [1.29, 1.82) is 0 Å². The quantitative estimate of drug-likeness (QED) is 0.670. The number of hydrogen-bond acceptors (Lipinski definition) is 5. The molecule has 5 heteroatoms. The second-order valence-electron chi connectivity index (χ2n) is 5.90. The maximum absolute atomic E-state index is 10.4. The molecule has 0 aromatic heterocycles. The van der Waals surface area contributed by atoms with Crippen LogP contribution < -0.4 is 15.8 Å². The molecule has 1 aliphatic heterocycles. The van der Waals surface area contributed by atoms with Crippen LogP contribution in [-0.4, -0.2) is 49.3 Å². The van der Waals surface area contributed by atoms with E-state index in [-0.39, 0.29) is 0 Å². The van der Waals surface area contributed by atoms with Gasteiger partial charge in [-0.1, -0.05) is 13.0 Å². The molecule has 1 atom stereocenters. The van der Waals surface area contributed by atoms with Crippen LogP contribution in [0.15, 0.2) is 18.2 Å². The number of benzene rings is 1. The molecule has 0 bridgehead atoms. The average molecular weight is 307 g/mol. The van der Waals surface area contributed by atoms with Gasteiger partial charge in [-0.2, -0.15) is 0 Å². The van der Waals surface area contributed by atoms with Crippen molar-refractivity contribution in [2.75, 3.05) is 45.1 Å². The van der Waals surface area contributed by atoms with Crippen LogP contribution in [0.2, 0.25) is 0 Å². The summed E-state index contributed by atoms with van der Waals surface area (Å²) < 4.78 is 5.57. The number of ether oxygens (including phenoxy) is 1. The Bertz CT molecular complexity index is 446. The molecule has 5 nitrogen and oxygen atoms in total. The highest BCUT2D eigenvalue weighted by molar-refractivity contribution is 5.54. The monoisotopic (exact) mass is 307 g/mol. The summed E-state index contributed by atoms with van der Waals surface area (Å²) in [5.41, 5.74) is 7.48. The highest BCUT2D eigenvalue weighted by Crippen LogP contribution is 2.27. The van der Waals surface area contributed by atoms with E-state index in [2.05, 4.69) is 17.1 Å². The molecule has 1 aromatic rings. The first-order valence-electron chi connectivity index (χ1n) is 8.34. The number of anilines is 1. The van der Waals surface area contributed by atoms with E-state index >= 15 is 0 Å². The van der Waals surface area contributed by atoms with Gasteiger partial charge in [0, 0.05) is 19.6 Å². The van der Waals surface area contributed by atoms with Crippen LogP contribution in [0.5, 0.6) is 5.75 Å². The highest BCUT2D eigenvalue weighted by Gasteiger charge is 2.14. The molecule has 1 fully saturated rings. The van der Waals surface area contributed by atoms with E-state index in [1.54, 1.807) is 0 Å². The standard InChI is InChI=1S/C17H29N3O2/c1-2-12-22-17-5-4-14(13-15(17)18)16(21)6-10-20-9-3-7-19-8-11-20/h4-5,13,16,19,21H,2-3,6-12,18H2,1H3. The fourth-order valence-corrected chi connectivity index (χ4v) is 2.71. The van der Waals surface area contributed by atoms with Crippen LogP contribution in [0.3, 0.4) is 0 Å². The molecule has 4 N–H and O–H groups in total. The van der Waals surface area contributed by atoms with Gasteiger partial charge in [-0.05, 0) is 50.0 Å². The van der Waals surface area contributed by atoms with E-state index in [9.17, 15) is 5.11 Å². The molecule has 1 saturated heterocycles. The summed E-state index contributed by atoms with van der Waals surface area (Å²) in [6, 6.07) is 5.61. The van der Waals surface area contributed by atoms with Gasteiger partial charge < -0.3 is 25.8 Å². The zero-order valence-corrected chi connectivity index (χ0v) is 13.6. The normalized spacial score (nSPS) is 17.9. The largest absolute Gasteiger partial charge is 0.491 e. The Morgan fingerprint density at radius 3 is 3.00 bits per heavy atom. The molecule has 1 heterocycles. The van der Waals surface area contributed by atoms with Crippen molar-refractivity contribution < 1.29 is 9.84 Å². The second kappa shape index (κ2) is 8.98. The van der Waals surface area contributed by atoms with Gasteiger partial charge in [-0.15, -0.1) is 0 Å². The van der Waals surface area contributed by atoms with Crippen LogP contribution in [-0.2, 0) is 0 Å². The first-order valence-corrected chi connectivity index (χ1v) is 8.34. The Morgan fingerprint density at radius 2 is 2.23 bits per heavy atom. The SMILES string of the molecule is CCCOc1ccc(C(O)CCN2CCCNCC2)cc1N. The van der Waals surface area contributed by atoms with E-state index in [4.69, 9.17) is 10.5 Å². The summed E-state index contributed by atoms with van der Waals surface area (Å²) in [6.07, 6.45) is 2.38. The number of hydrogen-bond donors (Lipinski definition) is 3. The van der Waals surface area contributed by atoms with Gasteiger partial charge in [0.2, 0.25) is 0 Å². The summed E-state index contributed by atoms with van der Waals surface area (Å²) in [7, 11) is 0. The minimum Gasteiger partial charge on any atom is -0.491 e. The molecule has 0 radical (unpaired) electrons. The van der Waals surface area contributed by atoms with Crippen LogP contribution in [0.25, 0.3) is 0 Å². The Hall–Kier alpha value is -1.30. The predicted octanol–water partition coefficient (Wildman–Crippen LogP) is 1.78. The lowest BCUT2D eigenvalue weighted by Crippen LogP contribution is -2.29. The van der Waals surface area contributed by atoms with Crippen molar-refractivity contribution in [2.45, 2.75) is 32.3 Å². The molecular formula is C17H29N3O2. The van der Waals surface area contributed by atoms with Gasteiger partial charge in [0.25, 0.3) is 0 Å². The molecule has 1 unspecified atom stereocenters. The summed E-state index contributed by atoms with van der Waals surface area (Å²) in [5, 5.41) is 13.8. The maximum Gasteiger partial charge on any atom is 0.142 e. The van der Waals surface area contributed by atoms with Crippen LogP contribution >= 0.6 is 0 Å². The average Bonchev–Trinajstić information content (AvgIpc) is 2.80. The summed E-state index contributed by atoms with van der Waals surface area (Å²) in [5.74, 6) is 0.705. The summed E-state index contributed by atoms with van der Waals surface area (Å²) in [6.45, 7) is 7.92. The first kappa shape index (κ1) is 17.1. The number of nitrogens with two attached hydrogens (primary N) is 1. The molecule has 0 spiro atoms. The van der Waals surface area contributed by atoms with Crippen molar-refractivity contribution in [1.82, 2.24) is 10.2 Å². The van der Waals surface area contributed by atoms with E-state index < -0.39 is 6.10 Å². The molecule has 2 rings (SSSR count). The van der Waals surface area contributed by atoms with E-state index in [0.29, 0.717) is 18.0 Å². The van der Waals surface area contributed by atoms with E-state index in [1.807, 2.05) is 18.2 Å². The van der Waals surface area contributed by atoms with E-state index in [1.165, 1.54) is 6.42 Å². The van der Waals surface area contributed by atoms with Crippen LogP contribution in [0.4, 0.5) is 5.69 Å². The Kier molecular flexibility index (Phi) is 6.96. The van der Waals surface area contributed by atoms with Crippen molar-refractivity contribution in [3.63, 3.8) is 0 Å². The molecule has 0 aliphatic carbocycles. The lowest BCUT2D eigenvalue weighted by atomic mass is 10.1. The third-order valence-electron chi connectivity index (χ3n) is 4.03. The maximum atomic E-state index is 10.4. The minimum absolute atomic E-state index is 0.473. The van der Waals surface area contributed by atoms with Crippen molar-refractivity contribution >= 4 is 5.69 Å². The Morgan fingerprint density at radius 1 is 1.36 bits per heavy atom. The van der Waals surface area contributed by atoms with Crippen molar-refractivity contribution in [3.05, 3.63) is 23.8 Å². The van der Waals surface area contributed by atoms with Gasteiger partial charge in [-0.25, -0.2) is 0 Å². The molecule has 0 saturated carbocycles.